The number of aromatic nitrogens is 2. The second kappa shape index (κ2) is 7.05. The average molecular weight is 306 g/mol. The Morgan fingerprint density at radius 2 is 1.86 bits per heavy atom. The first kappa shape index (κ1) is 16.7. The van der Waals surface area contributed by atoms with Gasteiger partial charge in [0.25, 0.3) is 5.91 Å². The zero-order chi connectivity index (χ0) is 16.3. The Hall–Kier alpha value is -1.69. The zero-order valence-corrected chi connectivity index (χ0v) is 14.2. The first-order valence-corrected chi connectivity index (χ1v) is 7.99. The highest BCUT2D eigenvalue weighted by atomic mass is 16.5. The third-order valence-corrected chi connectivity index (χ3v) is 3.81. The molecule has 1 amide bonds. The topological polar surface area (TPSA) is 58.6 Å². The third kappa shape index (κ3) is 3.74. The molecule has 1 saturated heterocycles. The zero-order valence-electron chi connectivity index (χ0n) is 14.2. The highest BCUT2D eigenvalue weighted by molar-refractivity contribution is 5.92. The maximum Gasteiger partial charge on any atom is 0.272 e. The fourth-order valence-corrected chi connectivity index (χ4v) is 2.82. The number of morpholine rings is 1. The van der Waals surface area contributed by atoms with Crippen molar-refractivity contribution in [2.45, 2.75) is 46.8 Å². The molecule has 1 aliphatic heterocycles. The van der Waals surface area contributed by atoms with Crippen LogP contribution in [0.15, 0.2) is 6.07 Å². The van der Waals surface area contributed by atoms with E-state index in [2.05, 4.69) is 23.8 Å². The molecule has 0 aliphatic carbocycles. The second-order valence-corrected chi connectivity index (χ2v) is 5.83. The van der Waals surface area contributed by atoms with Gasteiger partial charge in [-0.3, -0.25) is 4.79 Å². The molecule has 2 rings (SSSR count). The van der Waals surface area contributed by atoms with Crippen LogP contribution < -0.4 is 4.90 Å². The van der Waals surface area contributed by atoms with Gasteiger partial charge in [0.05, 0.1) is 12.2 Å². The van der Waals surface area contributed by atoms with Gasteiger partial charge in [-0.15, -0.1) is 0 Å². The molecule has 1 fully saturated rings. The summed E-state index contributed by atoms with van der Waals surface area (Å²) >= 11 is 0. The third-order valence-electron chi connectivity index (χ3n) is 3.81. The molecule has 0 saturated carbocycles. The lowest BCUT2D eigenvalue weighted by atomic mass is 10.2. The molecule has 2 atom stereocenters. The van der Waals surface area contributed by atoms with E-state index in [0.717, 1.165) is 18.8 Å². The van der Waals surface area contributed by atoms with Gasteiger partial charge in [0, 0.05) is 31.9 Å². The number of hydrogen-bond donors (Lipinski definition) is 0. The van der Waals surface area contributed by atoms with Crippen LogP contribution in [0, 0.1) is 6.92 Å². The van der Waals surface area contributed by atoms with Gasteiger partial charge in [-0.05, 0) is 40.7 Å². The van der Waals surface area contributed by atoms with E-state index in [1.165, 1.54) is 0 Å². The van der Waals surface area contributed by atoms with Crippen molar-refractivity contribution < 1.29 is 9.53 Å². The van der Waals surface area contributed by atoms with Crippen LogP contribution in [0.3, 0.4) is 0 Å². The van der Waals surface area contributed by atoms with Crippen LogP contribution >= 0.6 is 0 Å². The minimum Gasteiger partial charge on any atom is -0.372 e. The molecule has 0 N–H and O–H groups in total. The number of aryl methyl sites for hydroxylation is 1. The molecule has 0 spiro atoms. The Labute approximate surface area is 132 Å². The van der Waals surface area contributed by atoms with Gasteiger partial charge in [0.1, 0.15) is 5.69 Å². The molecule has 22 heavy (non-hydrogen) atoms. The molecule has 0 unspecified atom stereocenters. The first-order valence-electron chi connectivity index (χ1n) is 7.99. The van der Waals surface area contributed by atoms with E-state index >= 15 is 0 Å². The largest absolute Gasteiger partial charge is 0.372 e. The average Bonchev–Trinajstić information content (AvgIpc) is 2.46. The number of hydrogen-bond acceptors (Lipinski definition) is 5. The molecule has 6 nitrogen and oxygen atoms in total. The molecule has 0 bridgehead atoms. The second-order valence-electron chi connectivity index (χ2n) is 5.83. The number of ether oxygens (including phenoxy) is 1. The normalized spacial score (nSPS) is 21.8. The highest BCUT2D eigenvalue weighted by Gasteiger charge is 2.28. The van der Waals surface area contributed by atoms with E-state index in [0.29, 0.717) is 24.7 Å². The molecule has 1 aliphatic rings. The molecular weight excluding hydrogens is 280 g/mol. The summed E-state index contributed by atoms with van der Waals surface area (Å²) in [6, 6.07) is 1.76. The Morgan fingerprint density at radius 3 is 2.41 bits per heavy atom. The summed E-state index contributed by atoms with van der Waals surface area (Å²) in [5, 5.41) is 0. The van der Waals surface area contributed by atoms with Crippen LogP contribution in [0.5, 0.6) is 0 Å². The molecule has 2 heterocycles. The quantitative estimate of drug-likeness (QED) is 0.850. The van der Waals surface area contributed by atoms with E-state index in [-0.39, 0.29) is 18.1 Å². The summed E-state index contributed by atoms with van der Waals surface area (Å²) in [7, 11) is 0. The van der Waals surface area contributed by atoms with E-state index in [1.54, 1.807) is 6.07 Å². The standard InChI is InChI=1S/C16H26N4O2/c1-6-19(7-2)16-17-11(3)8-14(18-16)15(21)20-9-12(4)22-13(5)10-20/h8,12-13H,6-7,9-10H2,1-5H3/t12-,13+. The Bertz CT molecular complexity index is 521. The molecule has 1 aromatic heterocycles. The molecule has 1 aromatic rings. The summed E-state index contributed by atoms with van der Waals surface area (Å²) in [5.41, 5.74) is 1.28. The lowest BCUT2D eigenvalue weighted by Crippen LogP contribution is -2.48. The van der Waals surface area contributed by atoms with E-state index < -0.39 is 0 Å². The maximum absolute atomic E-state index is 12.8. The number of anilines is 1. The van der Waals surface area contributed by atoms with Crippen LogP contribution in [0.1, 0.15) is 43.9 Å². The van der Waals surface area contributed by atoms with Gasteiger partial charge in [-0.25, -0.2) is 9.97 Å². The van der Waals surface area contributed by atoms with E-state index in [4.69, 9.17) is 4.74 Å². The summed E-state index contributed by atoms with van der Waals surface area (Å²) < 4.78 is 5.69. The fourth-order valence-electron chi connectivity index (χ4n) is 2.82. The molecule has 6 heteroatoms. The summed E-state index contributed by atoms with van der Waals surface area (Å²) in [4.78, 5) is 25.6. The molecule has 0 radical (unpaired) electrons. The van der Waals surface area contributed by atoms with Gasteiger partial charge in [0.15, 0.2) is 0 Å². The van der Waals surface area contributed by atoms with Crippen molar-refractivity contribution in [3.05, 3.63) is 17.5 Å². The van der Waals surface area contributed by atoms with E-state index in [9.17, 15) is 4.79 Å². The van der Waals surface area contributed by atoms with Crippen molar-refractivity contribution in [3.8, 4) is 0 Å². The van der Waals surface area contributed by atoms with E-state index in [1.807, 2.05) is 30.6 Å². The fraction of sp³-hybridized carbons (Fsp3) is 0.688. The lowest BCUT2D eigenvalue weighted by molar-refractivity contribution is -0.0587. The minimum absolute atomic E-state index is 0.0408. The summed E-state index contributed by atoms with van der Waals surface area (Å²) in [5.74, 6) is 0.587. The number of nitrogens with zero attached hydrogens (tertiary/aromatic N) is 4. The van der Waals surface area contributed by atoms with Crippen molar-refractivity contribution >= 4 is 11.9 Å². The van der Waals surface area contributed by atoms with Crippen LogP contribution in [0.4, 0.5) is 5.95 Å². The lowest BCUT2D eigenvalue weighted by Gasteiger charge is -2.35. The van der Waals surface area contributed by atoms with Crippen molar-refractivity contribution in [2.24, 2.45) is 0 Å². The smallest absolute Gasteiger partial charge is 0.272 e. The van der Waals surface area contributed by atoms with Crippen LogP contribution in [-0.2, 0) is 4.74 Å². The van der Waals surface area contributed by atoms with Crippen LogP contribution in [0.2, 0.25) is 0 Å². The monoisotopic (exact) mass is 306 g/mol. The number of carbonyl (C=O) groups excluding carboxylic acids is 1. The molecule has 0 aromatic carbocycles. The van der Waals surface area contributed by atoms with Crippen LogP contribution in [-0.4, -0.2) is 59.2 Å². The minimum atomic E-state index is -0.0408. The highest BCUT2D eigenvalue weighted by Crippen LogP contribution is 2.16. The number of rotatable bonds is 4. The Kier molecular flexibility index (Phi) is 5.34. The Morgan fingerprint density at radius 1 is 1.27 bits per heavy atom. The molecule has 122 valence electrons. The Balaban J connectivity index is 2.25. The summed E-state index contributed by atoms with van der Waals surface area (Å²) in [6.07, 6.45) is 0.107. The first-order chi connectivity index (χ1) is 10.4. The summed E-state index contributed by atoms with van der Waals surface area (Å²) in [6.45, 7) is 12.8. The predicted molar refractivity (Wildman–Crippen MR) is 86.2 cm³/mol. The van der Waals surface area contributed by atoms with Crippen LogP contribution in [0.25, 0.3) is 0 Å². The maximum atomic E-state index is 12.8. The van der Waals surface area contributed by atoms with Gasteiger partial charge >= 0.3 is 0 Å². The van der Waals surface area contributed by atoms with Crippen molar-refractivity contribution in [1.29, 1.82) is 0 Å². The van der Waals surface area contributed by atoms with Crippen molar-refractivity contribution in [1.82, 2.24) is 14.9 Å². The number of amides is 1. The number of carbonyl (C=O) groups is 1. The van der Waals surface area contributed by atoms with Gasteiger partial charge in [0.2, 0.25) is 5.95 Å². The van der Waals surface area contributed by atoms with Crippen molar-refractivity contribution in [2.75, 3.05) is 31.1 Å². The van der Waals surface area contributed by atoms with Gasteiger partial charge in [-0.1, -0.05) is 0 Å². The van der Waals surface area contributed by atoms with Gasteiger partial charge < -0.3 is 14.5 Å². The molecular formula is C16H26N4O2. The predicted octanol–water partition coefficient (Wildman–Crippen LogP) is 1.88. The van der Waals surface area contributed by atoms with Crippen molar-refractivity contribution in [3.63, 3.8) is 0 Å². The van der Waals surface area contributed by atoms with Gasteiger partial charge in [-0.2, -0.15) is 0 Å². The SMILES string of the molecule is CCN(CC)c1nc(C)cc(C(=O)N2C[C@@H](C)O[C@@H](C)C2)n1.